The van der Waals surface area contributed by atoms with Gasteiger partial charge in [0.1, 0.15) is 0 Å². The van der Waals surface area contributed by atoms with Crippen LogP contribution >= 0.6 is 0 Å². The molecule has 2 unspecified atom stereocenters. The first kappa shape index (κ1) is 17.9. The monoisotopic (exact) mass is 369 g/mol. The quantitative estimate of drug-likeness (QED) is 0.881. The molecule has 1 N–H and O–H groups in total. The molecule has 0 aliphatic carbocycles. The molecule has 4 heterocycles. The number of hydrogen-bond donors (Lipinski definition) is 1. The molecule has 27 heavy (non-hydrogen) atoms. The normalized spacial score (nSPS) is 24.0. The first-order valence-corrected chi connectivity index (χ1v) is 9.73. The Hall–Kier alpha value is -2.44. The summed E-state index contributed by atoms with van der Waals surface area (Å²) in [5, 5.41) is 8.46. The third kappa shape index (κ3) is 3.31. The average molecular weight is 369 g/mol. The van der Waals surface area contributed by atoms with Crippen molar-refractivity contribution in [2.24, 2.45) is 5.92 Å². The highest BCUT2D eigenvalue weighted by molar-refractivity contribution is 5.89. The van der Waals surface area contributed by atoms with Gasteiger partial charge in [-0.2, -0.15) is 5.10 Å². The first-order valence-electron chi connectivity index (χ1n) is 9.73. The Labute approximate surface area is 159 Å². The molecule has 0 bridgehead atoms. The van der Waals surface area contributed by atoms with E-state index in [9.17, 15) is 9.59 Å². The van der Waals surface area contributed by atoms with Crippen LogP contribution in [0.25, 0.3) is 11.0 Å². The van der Waals surface area contributed by atoms with Crippen LogP contribution in [0.1, 0.15) is 51.6 Å². The van der Waals surface area contributed by atoms with E-state index in [0.717, 1.165) is 36.1 Å². The van der Waals surface area contributed by atoms with E-state index in [1.807, 2.05) is 42.7 Å². The van der Waals surface area contributed by atoms with Gasteiger partial charge in [-0.15, -0.1) is 0 Å². The highest BCUT2D eigenvalue weighted by Crippen LogP contribution is 2.32. The zero-order valence-electron chi connectivity index (χ0n) is 16.2. The Morgan fingerprint density at radius 1 is 1.30 bits per heavy atom. The highest BCUT2D eigenvalue weighted by Gasteiger charge is 2.41. The molecule has 0 spiro atoms. The van der Waals surface area contributed by atoms with Crippen molar-refractivity contribution in [2.45, 2.75) is 51.5 Å². The van der Waals surface area contributed by atoms with Crippen LogP contribution < -0.4 is 0 Å². The number of hydrogen-bond acceptors (Lipinski definition) is 4. The van der Waals surface area contributed by atoms with Crippen molar-refractivity contribution in [3.8, 4) is 0 Å². The van der Waals surface area contributed by atoms with E-state index in [1.54, 1.807) is 6.20 Å². The minimum atomic E-state index is -0.238. The number of carbonyl (C=O) groups is 2. The van der Waals surface area contributed by atoms with E-state index in [-0.39, 0.29) is 29.2 Å². The smallest absolute Gasteiger partial charge is 0.228 e. The Kier molecular flexibility index (Phi) is 4.40. The number of piperidine rings is 1. The van der Waals surface area contributed by atoms with Gasteiger partial charge in [-0.1, -0.05) is 0 Å². The van der Waals surface area contributed by atoms with Gasteiger partial charge in [0.2, 0.25) is 11.8 Å². The Balaban J connectivity index is 1.49. The molecular weight excluding hydrogens is 342 g/mol. The molecule has 7 nitrogen and oxygen atoms in total. The molecular formula is C20H27N5O2. The number of pyridine rings is 1. The summed E-state index contributed by atoms with van der Waals surface area (Å²) < 4.78 is 0. The van der Waals surface area contributed by atoms with Crippen LogP contribution in [0, 0.1) is 5.92 Å². The van der Waals surface area contributed by atoms with Crippen molar-refractivity contribution < 1.29 is 9.59 Å². The molecule has 2 aliphatic rings. The van der Waals surface area contributed by atoms with E-state index in [0.29, 0.717) is 19.5 Å². The summed E-state index contributed by atoms with van der Waals surface area (Å²) in [5.74, 6) is 0.199. The van der Waals surface area contributed by atoms with E-state index in [1.165, 1.54) is 0 Å². The molecule has 7 heteroatoms. The number of nitrogens with one attached hydrogen (secondary N) is 1. The minimum Gasteiger partial charge on any atom is -0.342 e. The largest absolute Gasteiger partial charge is 0.342 e. The molecule has 2 amide bonds. The number of aromatic nitrogens is 3. The van der Waals surface area contributed by atoms with Crippen LogP contribution in [0.5, 0.6) is 0 Å². The van der Waals surface area contributed by atoms with Crippen LogP contribution in [-0.4, -0.2) is 62.0 Å². The number of H-pyrrole nitrogens is 1. The van der Waals surface area contributed by atoms with E-state index >= 15 is 0 Å². The molecule has 2 saturated heterocycles. The van der Waals surface area contributed by atoms with Crippen molar-refractivity contribution in [2.75, 3.05) is 19.6 Å². The van der Waals surface area contributed by atoms with E-state index in [2.05, 4.69) is 15.2 Å². The maximum atomic E-state index is 13.1. The summed E-state index contributed by atoms with van der Waals surface area (Å²) in [4.78, 5) is 33.5. The zero-order valence-corrected chi connectivity index (χ0v) is 16.2. The number of carbonyl (C=O) groups excluding carboxylic acids is 2. The summed E-state index contributed by atoms with van der Waals surface area (Å²) in [7, 11) is 0. The second-order valence-corrected chi connectivity index (χ2v) is 8.71. The average Bonchev–Trinajstić information content (AvgIpc) is 3.24. The predicted molar refractivity (Wildman–Crippen MR) is 102 cm³/mol. The standard InChI is InChI=1S/C20H27N5O2/c1-20(2,3)25-12-14(10-16(25)26)19(27)24-9-5-6-13(11-24)17-15-7-4-8-21-18(15)23-22-17/h4,7-8,13-14H,5-6,9-12H2,1-3H3,(H,21,22,23). The minimum absolute atomic E-state index is 0.0834. The zero-order chi connectivity index (χ0) is 19.2. The summed E-state index contributed by atoms with van der Waals surface area (Å²) in [6, 6.07) is 3.94. The van der Waals surface area contributed by atoms with Gasteiger partial charge in [-0.05, 0) is 45.7 Å². The topological polar surface area (TPSA) is 82.2 Å². The van der Waals surface area contributed by atoms with Crippen molar-refractivity contribution in [1.29, 1.82) is 0 Å². The van der Waals surface area contributed by atoms with Crippen LogP contribution in [0.3, 0.4) is 0 Å². The number of amides is 2. The molecule has 2 aromatic heterocycles. The van der Waals surface area contributed by atoms with Gasteiger partial charge >= 0.3 is 0 Å². The van der Waals surface area contributed by atoms with Crippen molar-refractivity contribution in [3.63, 3.8) is 0 Å². The third-order valence-corrected chi connectivity index (χ3v) is 5.78. The first-order chi connectivity index (χ1) is 12.8. The molecule has 2 atom stereocenters. The lowest BCUT2D eigenvalue weighted by Crippen LogP contribution is -2.45. The Morgan fingerprint density at radius 2 is 2.11 bits per heavy atom. The SMILES string of the molecule is CC(C)(C)N1CC(C(=O)N2CCCC(c3[nH]nc4ncccc34)C2)CC1=O. The van der Waals surface area contributed by atoms with Gasteiger partial charge < -0.3 is 9.80 Å². The van der Waals surface area contributed by atoms with Gasteiger partial charge in [-0.25, -0.2) is 4.98 Å². The summed E-state index contributed by atoms with van der Waals surface area (Å²) in [5.41, 5.74) is 1.55. The predicted octanol–water partition coefficient (Wildman–Crippen LogP) is 2.31. The van der Waals surface area contributed by atoms with E-state index in [4.69, 9.17) is 0 Å². The number of nitrogens with zero attached hydrogens (tertiary/aromatic N) is 4. The second-order valence-electron chi connectivity index (χ2n) is 8.71. The van der Waals surface area contributed by atoms with Crippen molar-refractivity contribution in [3.05, 3.63) is 24.0 Å². The lowest BCUT2D eigenvalue weighted by Gasteiger charge is -2.35. The summed E-state index contributed by atoms with van der Waals surface area (Å²) in [6.45, 7) is 8.02. The van der Waals surface area contributed by atoms with Crippen molar-refractivity contribution in [1.82, 2.24) is 25.0 Å². The maximum absolute atomic E-state index is 13.1. The number of fused-ring (bicyclic) bond motifs is 1. The molecule has 4 rings (SSSR count). The van der Waals surface area contributed by atoms with Gasteiger partial charge in [0.05, 0.1) is 5.92 Å². The molecule has 2 aromatic rings. The molecule has 2 fully saturated rings. The maximum Gasteiger partial charge on any atom is 0.228 e. The van der Waals surface area contributed by atoms with Gasteiger partial charge in [-0.3, -0.25) is 14.7 Å². The lowest BCUT2D eigenvalue weighted by atomic mass is 9.92. The number of likely N-dealkylation sites (tertiary alicyclic amines) is 2. The molecule has 2 aliphatic heterocycles. The van der Waals surface area contributed by atoms with Crippen LogP contribution in [0.4, 0.5) is 0 Å². The van der Waals surface area contributed by atoms with Crippen LogP contribution in [0.15, 0.2) is 18.3 Å². The van der Waals surface area contributed by atoms with Crippen LogP contribution in [0.2, 0.25) is 0 Å². The highest BCUT2D eigenvalue weighted by atomic mass is 16.2. The van der Waals surface area contributed by atoms with Crippen molar-refractivity contribution >= 4 is 22.8 Å². The third-order valence-electron chi connectivity index (χ3n) is 5.78. The fraction of sp³-hybridized carbons (Fsp3) is 0.600. The second kappa shape index (κ2) is 6.62. The summed E-state index contributed by atoms with van der Waals surface area (Å²) in [6.07, 6.45) is 4.05. The molecule has 0 aromatic carbocycles. The fourth-order valence-electron chi connectivity index (χ4n) is 4.37. The van der Waals surface area contributed by atoms with E-state index < -0.39 is 0 Å². The molecule has 144 valence electrons. The van der Waals surface area contributed by atoms with Crippen LogP contribution in [-0.2, 0) is 9.59 Å². The lowest BCUT2D eigenvalue weighted by molar-refractivity contribution is -0.137. The Bertz CT molecular complexity index is 869. The Morgan fingerprint density at radius 3 is 2.85 bits per heavy atom. The fourth-order valence-corrected chi connectivity index (χ4v) is 4.37. The summed E-state index contributed by atoms with van der Waals surface area (Å²) >= 11 is 0. The van der Waals surface area contributed by atoms with Gasteiger partial charge in [0.25, 0.3) is 0 Å². The van der Waals surface area contributed by atoms with Gasteiger partial charge in [0.15, 0.2) is 5.65 Å². The molecule has 0 saturated carbocycles. The van der Waals surface area contributed by atoms with Gasteiger partial charge in [0, 0.05) is 54.8 Å². The number of aromatic amines is 1. The molecule has 0 radical (unpaired) electrons. The number of rotatable bonds is 2.